The number of nitrogens with one attached hydrogen (secondary N) is 1. The van der Waals surface area contributed by atoms with Gasteiger partial charge in [0, 0.05) is 37.8 Å². The number of amides is 2. The molecule has 0 radical (unpaired) electrons. The highest BCUT2D eigenvalue weighted by Gasteiger charge is 2.40. The Morgan fingerprint density at radius 3 is 2.36 bits per heavy atom. The van der Waals surface area contributed by atoms with E-state index in [0.29, 0.717) is 30.3 Å². The SMILES string of the molecule is CCCCCNc1nc(C(C)(C)C)ncc1C(=O)N(CC(C)C)[C@H]1C[C@@H](C(=O)O)CN(C(=O)OC(C)(C)C)C1. The number of carboxylic acid groups (broad SMARTS) is 1. The molecule has 1 aliphatic heterocycles. The van der Waals surface area contributed by atoms with Crippen molar-refractivity contribution in [2.45, 2.75) is 105 Å². The first-order chi connectivity index (χ1) is 18.0. The third-order valence-corrected chi connectivity index (χ3v) is 6.46. The van der Waals surface area contributed by atoms with Crippen molar-refractivity contribution >= 4 is 23.8 Å². The van der Waals surface area contributed by atoms with Crippen molar-refractivity contribution in [3.05, 3.63) is 17.6 Å². The minimum Gasteiger partial charge on any atom is -0.481 e. The predicted molar refractivity (Wildman–Crippen MR) is 152 cm³/mol. The molecule has 2 rings (SSSR count). The van der Waals surface area contributed by atoms with Gasteiger partial charge in [0.2, 0.25) is 0 Å². The fourth-order valence-corrected chi connectivity index (χ4v) is 4.51. The number of carbonyl (C=O) groups is 3. The van der Waals surface area contributed by atoms with E-state index in [9.17, 15) is 19.5 Å². The molecule has 220 valence electrons. The van der Waals surface area contributed by atoms with Crippen molar-refractivity contribution < 1.29 is 24.2 Å². The van der Waals surface area contributed by atoms with E-state index in [1.807, 2.05) is 34.6 Å². The molecule has 2 amide bonds. The van der Waals surface area contributed by atoms with E-state index in [2.05, 4.69) is 17.2 Å². The van der Waals surface area contributed by atoms with Crippen molar-refractivity contribution in [1.82, 2.24) is 19.8 Å². The average molecular weight is 548 g/mol. The zero-order valence-electron chi connectivity index (χ0n) is 25.3. The Hall–Kier alpha value is -2.91. The molecule has 0 saturated carbocycles. The molecular formula is C29H49N5O5. The van der Waals surface area contributed by atoms with Crippen LogP contribution in [-0.2, 0) is 14.9 Å². The van der Waals surface area contributed by atoms with Crippen LogP contribution in [0.25, 0.3) is 0 Å². The van der Waals surface area contributed by atoms with Gasteiger partial charge in [0.15, 0.2) is 0 Å². The third-order valence-electron chi connectivity index (χ3n) is 6.46. The predicted octanol–water partition coefficient (Wildman–Crippen LogP) is 5.18. The summed E-state index contributed by atoms with van der Waals surface area (Å²) >= 11 is 0. The van der Waals surface area contributed by atoms with Crippen LogP contribution in [0, 0.1) is 11.8 Å². The van der Waals surface area contributed by atoms with Crippen LogP contribution in [0.3, 0.4) is 0 Å². The number of aromatic nitrogens is 2. The highest BCUT2D eigenvalue weighted by molar-refractivity contribution is 5.98. The number of anilines is 1. The highest BCUT2D eigenvalue weighted by atomic mass is 16.6. The van der Waals surface area contributed by atoms with Crippen molar-refractivity contribution in [3.63, 3.8) is 0 Å². The molecule has 1 saturated heterocycles. The quantitative estimate of drug-likeness (QED) is 0.384. The van der Waals surface area contributed by atoms with E-state index in [1.54, 1.807) is 31.9 Å². The number of unbranched alkanes of at least 4 members (excludes halogenated alkanes) is 2. The first-order valence-electron chi connectivity index (χ1n) is 14.2. The number of hydrogen-bond acceptors (Lipinski definition) is 7. The zero-order chi connectivity index (χ0) is 29.5. The molecule has 39 heavy (non-hydrogen) atoms. The molecule has 2 N–H and O–H groups in total. The summed E-state index contributed by atoms with van der Waals surface area (Å²) in [6, 6.07) is -0.502. The summed E-state index contributed by atoms with van der Waals surface area (Å²) in [5.41, 5.74) is -0.674. The molecule has 0 bridgehead atoms. The van der Waals surface area contributed by atoms with Gasteiger partial charge in [0.05, 0.1) is 12.0 Å². The van der Waals surface area contributed by atoms with E-state index in [4.69, 9.17) is 9.72 Å². The molecular weight excluding hydrogens is 498 g/mol. The summed E-state index contributed by atoms with van der Waals surface area (Å²) < 4.78 is 5.55. The number of carbonyl (C=O) groups excluding carboxylic acids is 2. The second-order valence-corrected chi connectivity index (χ2v) is 13.0. The van der Waals surface area contributed by atoms with Gasteiger partial charge in [0.25, 0.3) is 5.91 Å². The number of hydrogen-bond donors (Lipinski definition) is 2. The van der Waals surface area contributed by atoms with Crippen molar-refractivity contribution in [1.29, 1.82) is 0 Å². The smallest absolute Gasteiger partial charge is 0.410 e. The number of rotatable bonds is 10. The van der Waals surface area contributed by atoms with Gasteiger partial charge < -0.3 is 25.0 Å². The standard InChI is InChI=1S/C29H49N5O5/c1-10-11-12-13-30-23-22(15-31-26(32-23)28(4,5)6)24(35)34(16-19(2)3)21-14-20(25(36)37)17-33(18-21)27(38)39-29(7,8)9/h15,19-21H,10-14,16-18H2,1-9H3,(H,36,37)(H,30,31,32)/t20-,21+/m1/s1. The first-order valence-corrected chi connectivity index (χ1v) is 14.2. The Morgan fingerprint density at radius 1 is 1.15 bits per heavy atom. The largest absolute Gasteiger partial charge is 0.481 e. The maximum atomic E-state index is 14.2. The van der Waals surface area contributed by atoms with Crippen molar-refractivity contribution in [2.24, 2.45) is 11.8 Å². The minimum absolute atomic E-state index is 0.0398. The van der Waals surface area contributed by atoms with Crippen LogP contribution >= 0.6 is 0 Å². The monoisotopic (exact) mass is 547 g/mol. The Labute approximate surface area is 233 Å². The molecule has 0 unspecified atom stereocenters. The molecule has 10 heteroatoms. The molecule has 1 aromatic heterocycles. The second kappa shape index (κ2) is 13.4. The lowest BCUT2D eigenvalue weighted by atomic mass is 9.92. The molecule has 10 nitrogen and oxygen atoms in total. The fraction of sp³-hybridized carbons (Fsp3) is 0.759. The molecule has 1 aromatic rings. The minimum atomic E-state index is -0.999. The van der Waals surface area contributed by atoms with Crippen molar-refractivity contribution in [3.8, 4) is 0 Å². The van der Waals surface area contributed by atoms with E-state index < -0.39 is 29.6 Å². The van der Waals surface area contributed by atoms with Crippen LogP contribution < -0.4 is 5.32 Å². The van der Waals surface area contributed by atoms with Crippen LogP contribution in [0.2, 0.25) is 0 Å². The van der Waals surface area contributed by atoms with Gasteiger partial charge in [-0.15, -0.1) is 0 Å². The normalized spacial score (nSPS) is 18.2. The average Bonchev–Trinajstić information content (AvgIpc) is 2.82. The summed E-state index contributed by atoms with van der Waals surface area (Å²) in [6.45, 7) is 18.8. The topological polar surface area (TPSA) is 125 Å². The van der Waals surface area contributed by atoms with Gasteiger partial charge in [-0.3, -0.25) is 9.59 Å². The Balaban J connectivity index is 2.47. The van der Waals surface area contributed by atoms with Crippen LogP contribution in [0.1, 0.15) is 104 Å². The molecule has 0 aliphatic carbocycles. The summed E-state index contributed by atoms with van der Waals surface area (Å²) in [6.07, 6.45) is 4.33. The van der Waals surface area contributed by atoms with E-state index in [-0.39, 0.29) is 36.8 Å². The van der Waals surface area contributed by atoms with Crippen LogP contribution in [0.5, 0.6) is 0 Å². The number of ether oxygens (including phenoxy) is 1. The number of nitrogens with zero attached hydrogens (tertiary/aromatic N) is 4. The Morgan fingerprint density at radius 2 is 1.82 bits per heavy atom. The van der Waals surface area contributed by atoms with Gasteiger partial charge in [-0.2, -0.15) is 0 Å². The summed E-state index contributed by atoms with van der Waals surface area (Å²) in [5, 5.41) is 13.2. The number of piperidine rings is 1. The van der Waals surface area contributed by atoms with Gasteiger partial charge in [-0.1, -0.05) is 54.4 Å². The van der Waals surface area contributed by atoms with E-state index >= 15 is 0 Å². The second-order valence-electron chi connectivity index (χ2n) is 13.0. The van der Waals surface area contributed by atoms with Crippen LogP contribution in [0.4, 0.5) is 10.6 Å². The van der Waals surface area contributed by atoms with Crippen LogP contribution in [0.15, 0.2) is 6.20 Å². The molecule has 2 heterocycles. The Bertz CT molecular complexity index is 999. The van der Waals surface area contributed by atoms with Crippen molar-refractivity contribution in [2.75, 3.05) is 31.5 Å². The molecule has 1 aliphatic rings. The molecule has 0 spiro atoms. The molecule has 2 atom stereocenters. The zero-order valence-corrected chi connectivity index (χ0v) is 25.3. The summed E-state index contributed by atoms with van der Waals surface area (Å²) in [5.74, 6) is -0.857. The summed E-state index contributed by atoms with van der Waals surface area (Å²) in [7, 11) is 0. The summed E-state index contributed by atoms with van der Waals surface area (Å²) in [4.78, 5) is 51.6. The van der Waals surface area contributed by atoms with E-state index in [0.717, 1.165) is 19.3 Å². The number of likely N-dealkylation sites (tertiary alicyclic amines) is 1. The van der Waals surface area contributed by atoms with Gasteiger partial charge in [-0.25, -0.2) is 14.8 Å². The maximum absolute atomic E-state index is 14.2. The maximum Gasteiger partial charge on any atom is 0.410 e. The fourth-order valence-electron chi connectivity index (χ4n) is 4.51. The molecule has 0 aromatic carbocycles. The number of aliphatic carboxylic acids is 1. The highest BCUT2D eigenvalue weighted by Crippen LogP contribution is 2.28. The lowest BCUT2D eigenvalue weighted by Crippen LogP contribution is -2.56. The van der Waals surface area contributed by atoms with Gasteiger partial charge in [-0.05, 0) is 39.5 Å². The Kier molecular flexibility index (Phi) is 11.1. The first kappa shape index (κ1) is 32.3. The van der Waals surface area contributed by atoms with Crippen LogP contribution in [-0.4, -0.2) is 80.7 Å². The van der Waals surface area contributed by atoms with Gasteiger partial charge >= 0.3 is 12.1 Å². The van der Waals surface area contributed by atoms with E-state index in [1.165, 1.54) is 4.90 Å². The molecule has 1 fully saturated rings. The number of carboxylic acids is 1. The van der Waals surface area contributed by atoms with Gasteiger partial charge in [0.1, 0.15) is 22.8 Å². The third kappa shape index (κ3) is 9.65. The lowest BCUT2D eigenvalue weighted by Gasteiger charge is -2.42. The lowest BCUT2D eigenvalue weighted by molar-refractivity contribution is -0.144.